The van der Waals surface area contributed by atoms with Crippen LogP contribution in [-0.4, -0.2) is 54.0 Å². The van der Waals surface area contributed by atoms with Crippen LogP contribution < -0.4 is 5.32 Å². The van der Waals surface area contributed by atoms with Crippen molar-refractivity contribution in [3.05, 3.63) is 34.9 Å². The highest BCUT2D eigenvalue weighted by atomic mass is 16.2. The number of nitrogens with one attached hydrogen (secondary N) is 1. The number of hydrogen-bond donors (Lipinski definition) is 1. The zero-order valence-electron chi connectivity index (χ0n) is 15.3. The van der Waals surface area contributed by atoms with Crippen molar-refractivity contribution in [2.24, 2.45) is 0 Å². The lowest BCUT2D eigenvalue weighted by atomic mass is 10.0. The summed E-state index contributed by atoms with van der Waals surface area (Å²) in [5, 5.41) is 3.09. The summed E-state index contributed by atoms with van der Waals surface area (Å²) in [4.78, 5) is 28.4. The van der Waals surface area contributed by atoms with Gasteiger partial charge in [-0.2, -0.15) is 0 Å². The smallest absolute Gasteiger partial charge is 0.317 e. The molecule has 1 heterocycles. The highest BCUT2D eigenvalue weighted by Gasteiger charge is 2.25. The molecule has 1 fully saturated rings. The van der Waals surface area contributed by atoms with Crippen molar-refractivity contribution >= 4 is 11.9 Å². The molecule has 0 saturated carbocycles. The Morgan fingerprint density at radius 1 is 1.12 bits per heavy atom. The Hall–Kier alpha value is -2.04. The number of rotatable bonds is 4. The summed E-state index contributed by atoms with van der Waals surface area (Å²) in [6, 6.07) is 6.02. The highest BCUT2D eigenvalue weighted by Crippen LogP contribution is 2.16. The van der Waals surface area contributed by atoms with Crippen LogP contribution in [0.25, 0.3) is 0 Å². The average Bonchev–Trinajstić information content (AvgIpc) is 2.58. The normalized spacial score (nSPS) is 15.2. The minimum Gasteiger partial charge on any atom is -0.338 e. The number of benzene rings is 1. The van der Waals surface area contributed by atoms with Crippen LogP contribution >= 0.6 is 0 Å². The van der Waals surface area contributed by atoms with E-state index in [4.69, 9.17) is 0 Å². The molecule has 5 nitrogen and oxygen atoms in total. The van der Waals surface area contributed by atoms with Gasteiger partial charge < -0.3 is 15.1 Å². The van der Waals surface area contributed by atoms with E-state index < -0.39 is 0 Å². The van der Waals surface area contributed by atoms with Gasteiger partial charge in [0.15, 0.2) is 0 Å². The number of amides is 3. The maximum atomic E-state index is 12.6. The van der Waals surface area contributed by atoms with Gasteiger partial charge in [-0.15, -0.1) is 0 Å². The third-order valence-corrected chi connectivity index (χ3v) is 4.91. The van der Waals surface area contributed by atoms with E-state index in [2.05, 4.69) is 5.32 Å². The third-order valence-electron chi connectivity index (χ3n) is 4.91. The predicted molar refractivity (Wildman–Crippen MR) is 96.3 cm³/mol. The Labute approximate surface area is 145 Å². The fraction of sp³-hybridized carbons (Fsp3) is 0.579. The van der Waals surface area contributed by atoms with Crippen molar-refractivity contribution in [3.63, 3.8) is 0 Å². The van der Waals surface area contributed by atoms with Gasteiger partial charge in [-0.05, 0) is 63.8 Å². The van der Waals surface area contributed by atoms with Crippen LogP contribution in [0.15, 0.2) is 18.2 Å². The lowest BCUT2D eigenvalue weighted by molar-refractivity contribution is 0.0706. The van der Waals surface area contributed by atoms with Gasteiger partial charge in [0, 0.05) is 37.8 Å². The third kappa shape index (κ3) is 4.28. The molecule has 0 radical (unpaired) electrons. The molecule has 2 rings (SSSR count). The second kappa shape index (κ2) is 8.18. The zero-order chi connectivity index (χ0) is 17.7. The lowest BCUT2D eigenvalue weighted by Crippen LogP contribution is -2.50. The molecule has 24 heavy (non-hydrogen) atoms. The maximum absolute atomic E-state index is 12.6. The van der Waals surface area contributed by atoms with Crippen LogP contribution in [0.1, 0.15) is 48.2 Å². The number of carbonyl (C=O) groups excluding carboxylic acids is 2. The summed E-state index contributed by atoms with van der Waals surface area (Å²) in [5.74, 6) is 0.0895. The predicted octanol–water partition coefficient (Wildman–Crippen LogP) is 2.96. The number of likely N-dealkylation sites (tertiary alicyclic amines) is 1. The van der Waals surface area contributed by atoms with Crippen LogP contribution in [0.3, 0.4) is 0 Å². The number of carbonyl (C=O) groups is 2. The summed E-state index contributed by atoms with van der Waals surface area (Å²) >= 11 is 0. The molecule has 1 aliphatic heterocycles. The fourth-order valence-electron chi connectivity index (χ4n) is 3.06. The van der Waals surface area contributed by atoms with Gasteiger partial charge in [0.1, 0.15) is 0 Å². The standard InChI is InChI=1S/C19H29N3O2/c1-5-21(6-2)19(24)20-17-9-11-22(12-10-17)18(23)16-8-7-14(3)15(4)13-16/h7-8,13,17H,5-6,9-12H2,1-4H3,(H,20,24). The Morgan fingerprint density at radius 3 is 2.29 bits per heavy atom. The first-order valence-electron chi connectivity index (χ1n) is 8.88. The minimum absolute atomic E-state index is 0.000985. The zero-order valence-corrected chi connectivity index (χ0v) is 15.3. The molecular weight excluding hydrogens is 302 g/mol. The van der Waals surface area contributed by atoms with E-state index in [1.165, 1.54) is 5.56 Å². The molecule has 1 aromatic carbocycles. The number of aryl methyl sites for hydroxylation is 2. The molecular formula is C19H29N3O2. The number of nitrogens with zero attached hydrogens (tertiary/aromatic N) is 2. The molecule has 0 spiro atoms. The van der Waals surface area contributed by atoms with E-state index in [-0.39, 0.29) is 18.0 Å². The molecule has 0 aromatic heterocycles. The van der Waals surface area contributed by atoms with E-state index in [0.717, 1.165) is 24.0 Å². The van der Waals surface area contributed by atoms with E-state index >= 15 is 0 Å². The second-order valence-corrected chi connectivity index (χ2v) is 6.49. The SMILES string of the molecule is CCN(CC)C(=O)NC1CCN(C(=O)c2ccc(C)c(C)c2)CC1. The molecule has 1 saturated heterocycles. The van der Waals surface area contributed by atoms with Gasteiger partial charge >= 0.3 is 6.03 Å². The van der Waals surface area contributed by atoms with Gasteiger partial charge in [0.2, 0.25) is 0 Å². The average molecular weight is 331 g/mol. The summed E-state index contributed by atoms with van der Waals surface area (Å²) in [6.07, 6.45) is 1.62. The second-order valence-electron chi connectivity index (χ2n) is 6.49. The summed E-state index contributed by atoms with van der Waals surface area (Å²) in [7, 11) is 0. The lowest BCUT2D eigenvalue weighted by Gasteiger charge is -2.33. The van der Waals surface area contributed by atoms with Crippen LogP contribution in [0.4, 0.5) is 4.79 Å². The highest BCUT2D eigenvalue weighted by molar-refractivity contribution is 5.94. The molecule has 5 heteroatoms. The molecule has 0 bridgehead atoms. The monoisotopic (exact) mass is 331 g/mol. The van der Waals surface area contributed by atoms with Crippen LogP contribution in [0, 0.1) is 13.8 Å². The van der Waals surface area contributed by atoms with Crippen molar-refractivity contribution in [3.8, 4) is 0 Å². The van der Waals surface area contributed by atoms with Crippen molar-refractivity contribution in [1.82, 2.24) is 15.1 Å². The fourth-order valence-corrected chi connectivity index (χ4v) is 3.06. The van der Waals surface area contributed by atoms with Gasteiger partial charge in [-0.1, -0.05) is 6.07 Å². The molecule has 0 unspecified atom stereocenters. The van der Waals surface area contributed by atoms with Gasteiger partial charge in [0.05, 0.1) is 0 Å². The quantitative estimate of drug-likeness (QED) is 0.922. The van der Waals surface area contributed by atoms with E-state index in [1.807, 2.05) is 50.8 Å². The van der Waals surface area contributed by atoms with Crippen LogP contribution in [0.5, 0.6) is 0 Å². The van der Waals surface area contributed by atoms with Crippen LogP contribution in [-0.2, 0) is 0 Å². The largest absolute Gasteiger partial charge is 0.338 e. The Kier molecular flexibility index (Phi) is 6.23. The number of hydrogen-bond acceptors (Lipinski definition) is 2. The van der Waals surface area contributed by atoms with Gasteiger partial charge in [-0.3, -0.25) is 4.79 Å². The molecule has 0 atom stereocenters. The first-order chi connectivity index (χ1) is 11.5. The molecule has 1 aliphatic rings. The molecule has 1 N–H and O–H groups in total. The van der Waals surface area contributed by atoms with Crippen LogP contribution in [0.2, 0.25) is 0 Å². The molecule has 0 aliphatic carbocycles. The first kappa shape index (κ1) is 18.3. The Morgan fingerprint density at radius 2 is 1.75 bits per heavy atom. The number of piperidine rings is 1. The van der Waals surface area contributed by atoms with Crippen molar-refractivity contribution in [2.75, 3.05) is 26.2 Å². The molecule has 1 aromatic rings. The maximum Gasteiger partial charge on any atom is 0.317 e. The van der Waals surface area contributed by atoms with E-state index in [0.29, 0.717) is 26.2 Å². The topological polar surface area (TPSA) is 52.7 Å². The van der Waals surface area contributed by atoms with Crippen molar-refractivity contribution in [1.29, 1.82) is 0 Å². The Balaban J connectivity index is 1.89. The summed E-state index contributed by atoms with van der Waals surface area (Å²) in [5.41, 5.74) is 3.09. The number of urea groups is 1. The molecule has 3 amide bonds. The van der Waals surface area contributed by atoms with E-state index in [1.54, 1.807) is 4.90 Å². The first-order valence-corrected chi connectivity index (χ1v) is 8.88. The summed E-state index contributed by atoms with van der Waals surface area (Å²) in [6.45, 7) is 10.8. The molecule has 132 valence electrons. The minimum atomic E-state index is -0.000985. The van der Waals surface area contributed by atoms with Gasteiger partial charge in [-0.25, -0.2) is 4.79 Å². The van der Waals surface area contributed by atoms with E-state index in [9.17, 15) is 9.59 Å². The summed E-state index contributed by atoms with van der Waals surface area (Å²) < 4.78 is 0. The van der Waals surface area contributed by atoms with Crippen molar-refractivity contribution < 1.29 is 9.59 Å². The van der Waals surface area contributed by atoms with Gasteiger partial charge in [0.25, 0.3) is 5.91 Å². The Bertz CT molecular complexity index is 588. The van der Waals surface area contributed by atoms with Crippen molar-refractivity contribution in [2.45, 2.75) is 46.6 Å².